The van der Waals surface area contributed by atoms with Crippen LogP contribution in [0.25, 0.3) is 0 Å². The van der Waals surface area contributed by atoms with Gasteiger partial charge >= 0.3 is 0 Å². The summed E-state index contributed by atoms with van der Waals surface area (Å²) < 4.78 is 10.6. The van der Waals surface area contributed by atoms with Crippen LogP contribution < -0.4 is 0 Å². The van der Waals surface area contributed by atoms with E-state index >= 15 is 0 Å². The second kappa shape index (κ2) is 7.34. The minimum Gasteiger partial charge on any atom is -0.396 e. The van der Waals surface area contributed by atoms with Crippen LogP contribution >= 0.6 is 0 Å². The smallest absolute Gasteiger partial charge is 0.186 e. The monoisotopic (exact) mass is 266 g/mol. The van der Waals surface area contributed by atoms with Gasteiger partial charge in [-0.05, 0) is 12.8 Å². The van der Waals surface area contributed by atoms with E-state index in [1.165, 1.54) is 0 Å². The van der Waals surface area contributed by atoms with E-state index < -0.39 is 37.3 Å². The maximum absolute atomic E-state index is 9.73. The molecular weight excluding hydrogens is 244 g/mol. The molecule has 0 aliphatic carbocycles. The Kier molecular flexibility index (Phi) is 6.44. The molecule has 0 aromatic rings. The number of aliphatic hydroxyl groups excluding tert-OH is 5. The zero-order chi connectivity index (χ0) is 13.7. The maximum atomic E-state index is 9.73. The van der Waals surface area contributed by atoms with Gasteiger partial charge in [-0.1, -0.05) is 6.92 Å². The van der Waals surface area contributed by atoms with Crippen molar-refractivity contribution in [3.63, 3.8) is 0 Å². The van der Waals surface area contributed by atoms with Gasteiger partial charge in [0.05, 0.1) is 12.7 Å². The number of ether oxygens (including phenoxy) is 2. The molecule has 6 atom stereocenters. The molecule has 0 aromatic carbocycles. The molecule has 1 heterocycles. The van der Waals surface area contributed by atoms with Crippen molar-refractivity contribution >= 4 is 0 Å². The van der Waals surface area contributed by atoms with E-state index in [9.17, 15) is 15.3 Å². The van der Waals surface area contributed by atoms with Gasteiger partial charge in [0.15, 0.2) is 6.29 Å². The number of aliphatic hydroxyl groups is 5. The van der Waals surface area contributed by atoms with Crippen molar-refractivity contribution in [2.75, 3.05) is 13.2 Å². The Hall–Kier alpha value is -0.280. The van der Waals surface area contributed by atoms with Crippen molar-refractivity contribution < 1.29 is 35.0 Å². The molecule has 0 amide bonds. The third kappa shape index (κ3) is 3.61. The lowest BCUT2D eigenvalue weighted by molar-refractivity contribution is -0.312. The van der Waals surface area contributed by atoms with E-state index in [1.807, 2.05) is 6.92 Å². The Morgan fingerprint density at radius 2 is 1.78 bits per heavy atom. The van der Waals surface area contributed by atoms with Gasteiger partial charge in [0, 0.05) is 6.61 Å². The van der Waals surface area contributed by atoms with Crippen LogP contribution in [0.15, 0.2) is 0 Å². The first kappa shape index (κ1) is 15.8. The highest BCUT2D eigenvalue weighted by atomic mass is 16.7. The van der Waals surface area contributed by atoms with E-state index in [1.54, 1.807) is 0 Å². The summed E-state index contributed by atoms with van der Waals surface area (Å²) in [5.74, 6) is 0. The van der Waals surface area contributed by atoms with E-state index in [0.29, 0.717) is 12.8 Å². The van der Waals surface area contributed by atoms with Crippen LogP contribution in [-0.4, -0.2) is 75.6 Å². The fraction of sp³-hybridized carbons (Fsp3) is 1.00. The Morgan fingerprint density at radius 1 is 1.11 bits per heavy atom. The van der Waals surface area contributed by atoms with Crippen molar-refractivity contribution in [1.29, 1.82) is 0 Å². The van der Waals surface area contributed by atoms with Crippen molar-refractivity contribution in [3.05, 3.63) is 0 Å². The van der Waals surface area contributed by atoms with Crippen LogP contribution in [0.2, 0.25) is 0 Å². The third-order valence-electron chi connectivity index (χ3n) is 3.08. The van der Waals surface area contributed by atoms with Gasteiger partial charge in [0.1, 0.15) is 24.4 Å². The minimum atomic E-state index is -1.44. The van der Waals surface area contributed by atoms with Crippen LogP contribution in [0.4, 0.5) is 0 Å². The second-order valence-electron chi connectivity index (χ2n) is 4.38. The number of rotatable bonds is 6. The molecule has 0 saturated carbocycles. The Labute approximate surface area is 106 Å². The van der Waals surface area contributed by atoms with Crippen molar-refractivity contribution in [3.8, 4) is 0 Å². The van der Waals surface area contributed by atoms with E-state index in [4.69, 9.17) is 19.7 Å². The first-order chi connectivity index (χ1) is 8.54. The fourth-order valence-electron chi connectivity index (χ4n) is 1.88. The molecule has 0 bridgehead atoms. The summed E-state index contributed by atoms with van der Waals surface area (Å²) in [6.07, 6.45) is -5.65. The first-order valence-electron chi connectivity index (χ1n) is 6.12. The third-order valence-corrected chi connectivity index (χ3v) is 3.08. The molecule has 1 aliphatic rings. The SMILES string of the molecule is CCC(CCO)OC1OC(CO)C(O)C(O)C1O. The zero-order valence-corrected chi connectivity index (χ0v) is 10.3. The molecule has 18 heavy (non-hydrogen) atoms. The molecule has 1 saturated heterocycles. The molecule has 5 N–H and O–H groups in total. The highest BCUT2D eigenvalue weighted by molar-refractivity contribution is 4.89. The average Bonchev–Trinajstić information content (AvgIpc) is 2.38. The zero-order valence-electron chi connectivity index (χ0n) is 10.3. The summed E-state index contributed by atoms with van der Waals surface area (Å²) in [4.78, 5) is 0. The van der Waals surface area contributed by atoms with E-state index in [-0.39, 0.29) is 12.7 Å². The van der Waals surface area contributed by atoms with Gasteiger partial charge < -0.3 is 35.0 Å². The molecule has 0 aromatic heterocycles. The molecule has 7 heteroatoms. The van der Waals surface area contributed by atoms with Gasteiger partial charge in [-0.15, -0.1) is 0 Å². The van der Waals surface area contributed by atoms with Crippen LogP contribution in [0.5, 0.6) is 0 Å². The molecule has 1 fully saturated rings. The summed E-state index contributed by atoms with van der Waals surface area (Å²) in [5.41, 5.74) is 0. The Morgan fingerprint density at radius 3 is 2.28 bits per heavy atom. The largest absolute Gasteiger partial charge is 0.396 e. The van der Waals surface area contributed by atoms with Crippen molar-refractivity contribution in [1.82, 2.24) is 0 Å². The topological polar surface area (TPSA) is 120 Å². The van der Waals surface area contributed by atoms with E-state index in [2.05, 4.69) is 0 Å². The van der Waals surface area contributed by atoms with Gasteiger partial charge in [0.2, 0.25) is 0 Å². The maximum Gasteiger partial charge on any atom is 0.186 e. The molecule has 7 nitrogen and oxygen atoms in total. The van der Waals surface area contributed by atoms with Crippen LogP contribution in [0.3, 0.4) is 0 Å². The normalized spacial score (nSPS) is 38.7. The summed E-state index contributed by atoms with van der Waals surface area (Å²) in [6, 6.07) is 0. The fourth-order valence-corrected chi connectivity index (χ4v) is 1.88. The Balaban J connectivity index is 2.63. The average molecular weight is 266 g/mol. The molecule has 1 rings (SSSR count). The van der Waals surface area contributed by atoms with Gasteiger partial charge in [-0.2, -0.15) is 0 Å². The standard InChI is InChI=1S/C11H22O7/c1-2-6(3-4-12)17-11-10(16)9(15)8(14)7(5-13)18-11/h6-16H,2-5H2,1H3. The summed E-state index contributed by atoms with van der Waals surface area (Å²) in [6.45, 7) is 1.31. The van der Waals surface area contributed by atoms with Gasteiger partial charge in [0.25, 0.3) is 0 Å². The first-order valence-corrected chi connectivity index (χ1v) is 6.12. The van der Waals surface area contributed by atoms with Crippen molar-refractivity contribution in [2.24, 2.45) is 0 Å². The molecule has 0 spiro atoms. The van der Waals surface area contributed by atoms with Crippen LogP contribution in [-0.2, 0) is 9.47 Å². The lowest BCUT2D eigenvalue weighted by Crippen LogP contribution is -2.59. The lowest BCUT2D eigenvalue weighted by atomic mass is 9.99. The molecule has 108 valence electrons. The van der Waals surface area contributed by atoms with Gasteiger partial charge in [-0.3, -0.25) is 0 Å². The van der Waals surface area contributed by atoms with Crippen LogP contribution in [0.1, 0.15) is 19.8 Å². The predicted octanol–water partition coefficient (Wildman–Crippen LogP) is -2.04. The van der Waals surface area contributed by atoms with Gasteiger partial charge in [-0.25, -0.2) is 0 Å². The van der Waals surface area contributed by atoms with Crippen molar-refractivity contribution in [2.45, 2.75) is 56.6 Å². The predicted molar refractivity (Wildman–Crippen MR) is 60.6 cm³/mol. The molecular formula is C11H22O7. The highest BCUT2D eigenvalue weighted by Crippen LogP contribution is 2.23. The lowest BCUT2D eigenvalue weighted by Gasteiger charge is -2.40. The molecule has 1 aliphatic heterocycles. The highest BCUT2D eigenvalue weighted by Gasteiger charge is 2.44. The number of hydrogen-bond acceptors (Lipinski definition) is 7. The second-order valence-corrected chi connectivity index (χ2v) is 4.38. The Bertz CT molecular complexity index is 235. The summed E-state index contributed by atoms with van der Waals surface area (Å²) in [7, 11) is 0. The van der Waals surface area contributed by atoms with E-state index in [0.717, 1.165) is 0 Å². The minimum absolute atomic E-state index is 0.0596. The molecule has 6 unspecified atom stereocenters. The molecule has 0 radical (unpaired) electrons. The number of hydrogen-bond donors (Lipinski definition) is 5. The summed E-state index contributed by atoms with van der Waals surface area (Å²) in [5, 5.41) is 46.7. The quantitative estimate of drug-likeness (QED) is 0.376. The van der Waals surface area contributed by atoms with Crippen LogP contribution in [0, 0.1) is 0 Å². The summed E-state index contributed by atoms with van der Waals surface area (Å²) >= 11 is 0.